The van der Waals surface area contributed by atoms with E-state index in [1.165, 1.54) is 58.0 Å². The fourth-order valence-electron chi connectivity index (χ4n) is 3.67. The summed E-state index contributed by atoms with van der Waals surface area (Å²) >= 11 is 0. The summed E-state index contributed by atoms with van der Waals surface area (Å²) in [4.78, 5) is 0. The lowest BCUT2D eigenvalue weighted by molar-refractivity contribution is 0.0596. The highest BCUT2D eigenvalue weighted by atomic mass is 14.9. The van der Waals surface area contributed by atoms with Crippen LogP contribution in [0.4, 0.5) is 0 Å². The molecule has 0 aromatic rings. The quantitative estimate of drug-likeness (QED) is 0.651. The van der Waals surface area contributed by atoms with E-state index < -0.39 is 0 Å². The predicted molar refractivity (Wildman–Crippen MR) is 65.9 cm³/mol. The third-order valence-electron chi connectivity index (χ3n) is 5.17. The Balaban J connectivity index is 2.04. The van der Waals surface area contributed by atoms with Crippen LogP contribution in [0.2, 0.25) is 0 Å². The molecular weight excluding hydrogens is 182 g/mol. The summed E-state index contributed by atoms with van der Waals surface area (Å²) in [6.45, 7) is 7.52. The standard InChI is InChI=1S/C14H27N/c1-12-9-10-15-11-14(12,2)13-7-5-3-4-6-8-13/h12-13,15H,3-11H2,1-2H3. The Morgan fingerprint density at radius 3 is 2.27 bits per heavy atom. The molecule has 2 atom stereocenters. The van der Waals surface area contributed by atoms with Crippen LogP contribution in [0.5, 0.6) is 0 Å². The second kappa shape index (κ2) is 4.86. The van der Waals surface area contributed by atoms with E-state index in [0.717, 1.165) is 11.8 Å². The molecule has 1 saturated carbocycles. The maximum Gasteiger partial charge on any atom is 0.00104 e. The van der Waals surface area contributed by atoms with Gasteiger partial charge >= 0.3 is 0 Å². The second-order valence-corrected chi connectivity index (χ2v) is 6.06. The van der Waals surface area contributed by atoms with Gasteiger partial charge in [-0.3, -0.25) is 0 Å². The van der Waals surface area contributed by atoms with E-state index in [2.05, 4.69) is 19.2 Å². The van der Waals surface area contributed by atoms with Crippen molar-refractivity contribution < 1.29 is 0 Å². The molecular formula is C14H27N. The van der Waals surface area contributed by atoms with Crippen molar-refractivity contribution in [1.29, 1.82) is 0 Å². The molecule has 2 rings (SSSR count). The van der Waals surface area contributed by atoms with Crippen LogP contribution in [0, 0.1) is 17.3 Å². The summed E-state index contributed by atoms with van der Waals surface area (Å²) in [7, 11) is 0. The lowest BCUT2D eigenvalue weighted by atomic mass is 9.63. The van der Waals surface area contributed by atoms with Gasteiger partial charge in [-0.2, -0.15) is 0 Å². The average molecular weight is 209 g/mol. The molecule has 15 heavy (non-hydrogen) atoms. The SMILES string of the molecule is CC1CCNCC1(C)C1CCCCCC1. The monoisotopic (exact) mass is 209 g/mol. The first-order valence-electron chi connectivity index (χ1n) is 6.94. The fourth-order valence-corrected chi connectivity index (χ4v) is 3.67. The van der Waals surface area contributed by atoms with Gasteiger partial charge in [0.2, 0.25) is 0 Å². The molecule has 0 aromatic heterocycles. The molecule has 0 spiro atoms. The lowest BCUT2D eigenvalue weighted by Gasteiger charge is -2.46. The van der Waals surface area contributed by atoms with E-state index in [1.807, 2.05) is 0 Å². The van der Waals surface area contributed by atoms with Crippen molar-refractivity contribution in [2.75, 3.05) is 13.1 Å². The maximum absolute atomic E-state index is 3.62. The van der Waals surface area contributed by atoms with Crippen LogP contribution in [-0.2, 0) is 0 Å². The highest BCUT2D eigenvalue weighted by Crippen LogP contribution is 2.44. The Kier molecular flexibility index (Phi) is 3.71. The molecule has 1 saturated heterocycles. The largest absolute Gasteiger partial charge is 0.316 e. The van der Waals surface area contributed by atoms with Crippen LogP contribution in [0.1, 0.15) is 58.8 Å². The van der Waals surface area contributed by atoms with Gasteiger partial charge in [0.05, 0.1) is 0 Å². The predicted octanol–water partition coefficient (Wildman–Crippen LogP) is 3.59. The van der Waals surface area contributed by atoms with Gasteiger partial charge in [-0.05, 0) is 43.1 Å². The normalized spacial score (nSPS) is 40.0. The Bertz CT molecular complexity index is 194. The zero-order valence-corrected chi connectivity index (χ0v) is 10.5. The van der Waals surface area contributed by atoms with Gasteiger partial charge in [-0.25, -0.2) is 0 Å². The Morgan fingerprint density at radius 1 is 1.00 bits per heavy atom. The zero-order chi connectivity index (χ0) is 10.7. The van der Waals surface area contributed by atoms with E-state index in [9.17, 15) is 0 Å². The number of piperidine rings is 1. The van der Waals surface area contributed by atoms with Gasteiger partial charge in [0, 0.05) is 6.54 Å². The minimum atomic E-state index is 0.586. The fraction of sp³-hybridized carbons (Fsp3) is 1.00. The molecule has 1 N–H and O–H groups in total. The molecule has 0 aromatic carbocycles. The molecule has 2 unspecified atom stereocenters. The molecule has 0 bridgehead atoms. The number of hydrogen-bond acceptors (Lipinski definition) is 1. The Labute approximate surface area is 95.0 Å². The minimum Gasteiger partial charge on any atom is -0.316 e. The molecule has 0 radical (unpaired) electrons. The molecule has 0 amide bonds. The number of rotatable bonds is 1. The summed E-state index contributed by atoms with van der Waals surface area (Å²) in [5.41, 5.74) is 0.586. The van der Waals surface area contributed by atoms with Gasteiger partial charge < -0.3 is 5.32 Å². The minimum absolute atomic E-state index is 0.586. The summed E-state index contributed by atoms with van der Waals surface area (Å²) < 4.78 is 0. The van der Waals surface area contributed by atoms with Crippen LogP contribution in [0.3, 0.4) is 0 Å². The summed E-state index contributed by atoms with van der Waals surface area (Å²) in [6.07, 6.45) is 10.3. The number of nitrogens with one attached hydrogen (secondary N) is 1. The smallest absolute Gasteiger partial charge is 0.00104 e. The van der Waals surface area contributed by atoms with Crippen LogP contribution in [0.25, 0.3) is 0 Å². The first-order chi connectivity index (χ1) is 7.23. The molecule has 1 aliphatic heterocycles. The summed E-state index contributed by atoms with van der Waals surface area (Å²) in [5.74, 6) is 1.91. The van der Waals surface area contributed by atoms with Crippen LogP contribution >= 0.6 is 0 Å². The van der Waals surface area contributed by atoms with Crippen molar-refractivity contribution in [1.82, 2.24) is 5.32 Å². The van der Waals surface area contributed by atoms with Crippen molar-refractivity contribution in [3.63, 3.8) is 0 Å². The molecule has 1 aliphatic carbocycles. The Hall–Kier alpha value is -0.0400. The zero-order valence-electron chi connectivity index (χ0n) is 10.5. The van der Waals surface area contributed by atoms with Crippen molar-refractivity contribution in [2.24, 2.45) is 17.3 Å². The molecule has 88 valence electrons. The van der Waals surface area contributed by atoms with Gasteiger partial charge in [-0.1, -0.05) is 39.5 Å². The number of hydrogen-bond donors (Lipinski definition) is 1. The lowest BCUT2D eigenvalue weighted by Crippen LogP contribution is -2.48. The van der Waals surface area contributed by atoms with Crippen molar-refractivity contribution in [2.45, 2.75) is 58.8 Å². The Morgan fingerprint density at radius 2 is 1.67 bits per heavy atom. The van der Waals surface area contributed by atoms with E-state index in [1.54, 1.807) is 0 Å². The second-order valence-electron chi connectivity index (χ2n) is 6.06. The maximum atomic E-state index is 3.62. The van der Waals surface area contributed by atoms with Crippen molar-refractivity contribution in [3.8, 4) is 0 Å². The highest BCUT2D eigenvalue weighted by molar-refractivity contribution is 4.92. The topological polar surface area (TPSA) is 12.0 Å². The molecule has 1 heterocycles. The van der Waals surface area contributed by atoms with Crippen LogP contribution in [0.15, 0.2) is 0 Å². The average Bonchev–Trinajstić information content (AvgIpc) is 2.51. The van der Waals surface area contributed by atoms with Gasteiger partial charge in [0.15, 0.2) is 0 Å². The third kappa shape index (κ3) is 2.38. The highest BCUT2D eigenvalue weighted by Gasteiger charge is 2.40. The summed E-state index contributed by atoms with van der Waals surface area (Å²) in [6, 6.07) is 0. The van der Waals surface area contributed by atoms with Gasteiger partial charge in [0.1, 0.15) is 0 Å². The molecule has 1 nitrogen and oxygen atoms in total. The molecule has 2 aliphatic rings. The van der Waals surface area contributed by atoms with Crippen molar-refractivity contribution >= 4 is 0 Å². The van der Waals surface area contributed by atoms with Gasteiger partial charge in [-0.15, -0.1) is 0 Å². The first-order valence-corrected chi connectivity index (χ1v) is 6.94. The van der Waals surface area contributed by atoms with E-state index in [0.29, 0.717) is 5.41 Å². The van der Waals surface area contributed by atoms with Gasteiger partial charge in [0.25, 0.3) is 0 Å². The summed E-state index contributed by atoms with van der Waals surface area (Å²) in [5, 5.41) is 3.62. The first kappa shape index (κ1) is 11.4. The van der Waals surface area contributed by atoms with Crippen LogP contribution < -0.4 is 5.32 Å². The van der Waals surface area contributed by atoms with E-state index >= 15 is 0 Å². The van der Waals surface area contributed by atoms with E-state index in [-0.39, 0.29) is 0 Å². The molecule has 1 heteroatoms. The third-order valence-corrected chi connectivity index (χ3v) is 5.17. The molecule has 2 fully saturated rings. The van der Waals surface area contributed by atoms with Crippen molar-refractivity contribution in [3.05, 3.63) is 0 Å². The van der Waals surface area contributed by atoms with E-state index in [4.69, 9.17) is 0 Å². The van der Waals surface area contributed by atoms with Crippen LogP contribution in [-0.4, -0.2) is 13.1 Å².